The highest BCUT2D eigenvalue weighted by molar-refractivity contribution is 9.10. The molecule has 0 unspecified atom stereocenters. The maximum absolute atomic E-state index is 6.01. The molecule has 0 saturated heterocycles. The van der Waals surface area contributed by atoms with E-state index in [2.05, 4.69) is 38.1 Å². The third-order valence-corrected chi connectivity index (χ3v) is 3.49. The molecule has 20 heavy (non-hydrogen) atoms. The largest absolute Gasteiger partial charge is 0.495 e. The van der Waals surface area contributed by atoms with Crippen molar-refractivity contribution in [2.45, 2.75) is 19.8 Å². The number of anilines is 2. The van der Waals surface area contributed by atoms with Crippen LogP contribution in [0.15, 0.2) is 28.7 Å². The second kappa shape index (κ2) is 6.90. The Kier molecular flexibility index (Phi) is 5.20. The van der Waals surface area contributed by atoms with Gasteiger partial charge in [0.15, 0.2) is 0 Å². The van der Waals surface area contributed by atoms with Gasteiger partial charge in [-0.15, -0.1) is 0 Å². The number of nitrogens with one attached hydrogen (secondary N) is 1. The van der Waals surface area contributed by atoms with Gasteiger partial charge in [-0.1, -0.05) is 18.5 Å². The number of aromatic nitrogens is 2. The zero-order chi connectivity index (χ0) is 14.5. The van der Waals surface area contributed by atoms with Crippen LogP contribution in [-0.2, 0) is 6.42 Å². The summed E-state index contributed by atoms with van der Waals surface area (Å²) in [4.78, 5) is 8.63. The van der Waals surface area contributed by atoms with E-state index in [0.717, 1.165) is 34.6 Å². The number of aryl methyl sites for hydroxylation is 1. The van der Waals surface area contributed by atoms with Crippen molar-refractivity contribution in [2.24, 2.45) is 0 Å². The van der Waals surface area contributed by atoms with Crippen molar-refractivity contribution in [1.82, 2.24) is 9.97 Å². The second-order valence-electron chi connectivity index (χ2n) is 4.22. The lowest BCUT2D eigenvalue weighted by atomic mass is 10.3. The molecular weight excluding hydrogens is 342 g/mol. The minimum absolute atomic E-state index is 0.440. The van der Waals surface area contributed by atoms with Gasteiger partial charge in [-0.3, -0.25) is 0 Å². The number of nitrogens with zero attached hydrogens (tertiary/aromatic N) is 2. The van der Waals surface area contributed by atoms with Crippen LogP contribution in [0.25, 0.3) is 0 Å². The SMILES string of the molecule is CCCc1nc(Cl)cc(Nc2ccc(Br)c(OC)c2)n1. The summed E-state index contributed by atoms with van der Waals surface area (Å²) in [5.41, 5.74) is 0.877. The van der Waals surface area contributed by atoms with Gasteiger partial charge in [0.2, 0.25) is 0 Å². The maximum atomic E-state index is 6.01. The normalized spacial score (nSPS) is 10.4. The average molecular weight is 357 g/mol. The lowest BCUT2D eigenvalue weighted by Gasteiger charge is -2.10. The van der Waals surface area contributed by atoms with Crippen molar-refractivity contribution in [2.75, 3.05) is 12.4 Å². The number of benzene rings is 1. The van der Waals surface area contributed by atoms with Gasteiger partial charge >= 0.3 is 0 Å². The van der Waals surface area contributed by atoms with Gasteiger partial charge in [0.1, 0.15) is 22.5 Å². The van der Waals surface area contributed by atoms with Crippen molar-refractivity contribution in [3.05, 3.63) is 39.7 Å². The molecule has 0 radical (unpaired) electrons. The quantitative estimate of drug-likeness (QED) is 0.796. The van der Waals surface area contributed by atoms with Gasteiger partial charge in [-0.2, -0.15) is 0 Å². The summed E-state index contributed by atoms with van der Waals surface area (Å²) in [5, 5.41) is 3.65. The fraction of sp³-hybridized carbons (Fsp3) is 0.286. The molecule has 2 aromatic rings. The van der Waals surface area contributed by atoms with Crippen molar-refractivity contribution in [3.8, 4) is 5.75 Å². The summed E-state index contributed by atoms with van der Waals surface area (Å²) in [6.45, 7) is 2.08. The van der Waals surface area contributed by atoms with E-state index in [9.17, 15) is 0 Å². The molecule has 0 fully saturated rings. The molecule has 0 aliphatic carbocycles. The van der Waals surface area contributed by atoms with E-state index < -0.39 is 0 Å². The van der Waals surface area contributed by atoms with Crippen molar-refractivity contribution < 1.29 is 4.74 Å². The molecule has 0 aliphatic rings. The summed E-state index contributed by atoms with van der Waals surface area (Å²) in [5.74, 6) is 2.17. The van der Waals surface area contributed by atoms with Crippen LogP contribution in [0.3, 0.4) is 0 Å². The van der Waals surface area contributed by atoms with Crippen LogP contribution >= 0.6 is 27.5 Å². The smallest absolute Gasteiger partial charge is 0.135 e. The molecular formula is C14H15BrClN3O. The van der Waals surface area contributed by atoms with Crippen LogP contribution in [0.5, 0.6) is 5.75 Å². The number of hydrogen-bond acceptors (Lipinski definition) is 4. The minimum Gasteiger partial charge on any atom is -0.495 e. The molecule has 1 aromatic carbocycles. The lowest BCUT2D eigenvalue weighted by molar-refractivity contribution is 0.412. The number of methoxy groups -OCH3 is 1. The van der Waals surface area contributed by atoms with Gasteiger partial charge in [-0.25, -0.2) is 9.97 Å². The summed E-state index contributed by atoms with van der Waals surface area (Å²) in [6.07, 6.45) is 1.78. The van der Waals surface area contributed by atoms with Crippen LogP contribution in [0.2, 0.25) is 5.15 Å². The van der Waals surface area contributed by atoms with Crippen LogP contribution < -0.4 is 10.1 Å². The van der Waals surface area contributed by atoms with Crippen LogP contribution in [-0.4, -0.2) is 17.1 Å². The molecule has 0 spiro atoms. The van der Waals surface area contributed by atoms with Gasteiger partial charge in [0.25, 0.3) is 0 Å². The predicted molar refractivity (Wildman–Crippen MR) is 85.0 cm³/mol. The fourth-order valence-corrected chi connectivity index (χ4v) is 2.36. The van der Waals surface area contributed by atoms with Gasteiger partial charge < -0.3 is 10.1 Å². The molecule has 2 rings (SSSR count). The maximum Gasteiger partial charge on any atom is 0.135 e. The monoisotopic (exact) mass is 355 g/mol. The molecule has 4 nitrogen and oxygen atoms in total. The van der Waals surface area contributed by atoms with Gasteiger partial charge in [0.05, 0.1) is 11.6 Å². The number of rotatable bonds is 5. The van der Waals surface area contributed by atoms with Gasteiger partial charge in [-0.05, 0) is 34.5 Å². The molecule has 1 heterocycles. The number of halogens is 2. The zero-order valence-electron chi connectivity index (χ0n) is 11.3. The van der Waals surface area contributed by atoms with E-state index in [0.29, 0.717) is 11.0 Å². The Morgan fingerprint density at radius 3 is 2.80 bits per heavy atom. The van der Waals surface area contributed by atoms with E-state index in [1.807, 2.05) is 18.2 Å². The Labute approximate surface area is 131 Å². The van der Waals surface area contributed by atoms with Crippen molar-refractivity contribution >= 4 is 39.0 Å². The Bertz CT molecular complexity index is 607. The highest BCUT2D eigenvalue weighted by atomic mass is 79.9. The van der Waals surface area contributed by atoms with Crippen LogP contribution in [0.4, 0.5) is 11.5 Å². The van der Waals surface area contributed by atoms with Crippen LogP contribution in [0, 0.1) is 0 Å². The molecule has 0 saturated carbocycles. The summed E-state index contributed by atoms with van der Waals surface area (Å²) >= 11 is 9.43. The third-order valence-electron chi connectivity index (χ3n) is 2.64. The molecule has 0 aliphatic heterocycles. The first-order valence-corrected chi connectivity index (χ1v) is 7.43. The van der Waals surface area contributed by atoms with E-state index in [1.54, 1.807) is 13.2 Å². The Hall–Kier alpha value is -1.33. The van der Waals surface area contributed by atoms with Crippen molar-refractivity contribution in [1.29, 1.82) is 0 Å². The Balaban J connectivity index is 2.25. The van der Waals surface area contributed by atoms with Gasteiger partial charge in [0, 0.05) is 24.2 Å². The Morgan fingerprint density at radius 2 is 2.10 bits per heavy atom. The van der Waals surface area contributed by atoms with Crippen molar-refractivity contribution in [3.63, 3.8) is 0 Å². The number of ether oxygens (including phenoxy) is 1. The summed E-state index contributed by atoms with van der Waals surface area (Å²) in [7, 11) is 1.63. The topological polar surface area (TPSA) is 47.0 Å². The van der Waals surface area contributed by atoms with E-state index in [-0.39, 0.29) is 0 Å². The highest BCUT2D eigenvalue weighted by Crippen LogP contribution is 2.29. The van der Waals surface area contributed by atoms with E-state index >= 15 is 0 Å². The first kappa shape index (κ1) is 15.1. The standard InChI is InChI=1S/C14H15BrClN3O/c1-3-4-13-18-12(16)8-14(19-13)17-9-5-6-10(15)11(7-9)20-2/h5-8H,3-4H2,1-2H3,(H,17,18,19). The van der Waals surface area contributed by atoms with E-state index in [1.165, 1.54) is 0 Å². The zero-order valence-corrected chi connectivity index (χ0v) is 13.6. The molecule has 1 aromatic heterocycles. The first-order chi connectivity index (χ1) is 9.62. The highest BCUT2D eigenvalue weighted by Gasteiger charge is 2.05. The second-order valence-corrected chi connectivity index (χ2v) is 5.46. The fourth-order valence-electron chi connectivity index (χ4n) is 1.75. The lowest BCUT2D eigenvalue weighted by Crippen LogP contribution is -2.00. The molecule has 0 atom stereocenters. The van der Waals surface area contributed by atoms with Crippen LogP contribution in [0.1, 0.15) is 19.2 Å². The minimum atomic E-state index is 0.440. The molecule has 0 bridgehead atoms. The Morgan fingerprint density at radius 1 is 1.30 bits per heavy atom. The molecule has 0 amide bonds. The predicted octanol–water partition coefficient (Wildman–Crippen LogP) is 4.60. The summed E-state index contributed by atoms with van der Waals surface area (Å²) < 4.78 is 6.16. The molecule has 1 N–H and O–H groups in total. The number of hydrogen-bond donors (Lipinski definition) is 1. The summed E-state index contributed by atoms with van der Waals surface area (Å²) in [6, 6.07) is 7.44. The molecule has 106 valence electrons. The van der Waals surface area contributed by atoms with E-state index in [4.69, 9.17) is 16.3 Å². The molecule has 6 heteroatoms. The first-order valence-electron chi connectivity index (χ1n) is 6.26. The third kappa shape index (κ3) is 3.84. The average Bonchev–Trinajstić information content (AvgIpc) is 2.40.